The van der Waals surface area contributed by atoms with Crippen molar-refractivity contribution in [2.24, 2.45) is 0 Å². The number of hydrogen-bond acceptors (Lipinski definition) is 5. The smallest absolute Gasteiger partial charge is 0.326 e. The summed E-state index contributed by atoms with van der Waals surface area (Å²) in [6, 6.07) is 14.2. The van der Waals surface area contributed by atoms with Crippen molar-refractivity contribution in [1.29, 1.82) is 0 Å². The molecule has 0 aromatic heterocycles. The Hall–Kier alpha value is -3.48. The average molecular weight is 408 g/mol. The van der Waals surface area contributed by atoms with Crippen molar-refractivity contribution in [1.82, 2.24) is 4.90 Å². The summed E-state index contributed by atoms with van der Waals surface area (Å²) in [6.07, 6.45) is -1.04. The van der Waals surface area contributed by atoms with Crippen LogP contribution in [-0.4, -0.2) is 41.2 Å². The number of carbonyl (C=O) groups is 4. The molecule has 7 heteroatoms. The number of hydrogen-bond donors (Lipinski definition) is 1. The fraction of sp³-hybridized carbons (Fsp3) is 0.304. The van der Waals surface area contributed by atoms with Gasteiger partial charge in [0.25, 0.3) is 11.8 Å². The molecule has 7 nitrogen and oxygen atoms in total. The number of rotatable bonds is 6. The van der Waals surface area contributed by atoms with Gasteiger partial charge in [-0.2, -0.15) is 0 Å². The number of ether oxygens (including phenoxy) is 1. The molecule has 0 spiro atoms. The molecule has 2 aromatic carbocycles. The maximum absolute atomic E-state index is 12.5. The molecule has 1 aliphatic rings. The van der Waals surface area contributed by atoms with Crippen LogP contribution in [0.5, 0.6) is 0 Å². The van der Waals surface area contributed by atoms with Crippen molar-refractivity contribution in [2.75, 3.05) is 11.9 Å². The first-order chi connectivity index (χ1) is 14.3. The Morgan fingerprint density at radius 2 is 1.70 bits per heavy atom. The lowest BCUT2D eigenvalue weighted by molar-refractivity contribution is -0.155. The van der Waals surface area contributed by atoms with Gasteiger partial charge in [-0.1, -0.05) is 50.2 Å². The quantitative estimate of drug-likeness (QED) is 0.586. The second kappa shape index (κ2) is 8.90. The summed E-state index contributed by atoms with van der Waals surface area (Å²) < 4.78 is 5.18. The van der Waals surface area contributed by atoms with Crippen molar-refractivity contribution < 1.29 is 23.9 Å². The number of amides is 3. The number of nitrogens with one attached hydrogen (secondary N) is 1. The maximum Gasteiger partial charge on any atom is 0.326 e. The van der Waals surface area contributed by atoms with Crippen LogP contribution in [0.2, 0.25) is 0 Å². The highest BCUT2D eigenvalue weighted by Crippen LogP contribution is 2.24. The Bertz CT molecular complexity index is 999. The molecule has 1 aliphatic heterocycles. The summed E-state index contributed by atoms with van der Waals surface area (Å²) >= 11 is 0. The van der Waals surface area contributed by atoms with E-state index in [0.717, 1.165) is 10.5 Å². The van der Waals surface area contributed by atoms with Crippen molar-refractivity contribution in [3.63, 3.8) is 0 Å². The Kier molecular flexibility index (Phi) is 6.30. The van der Waals surface area contributed by atoms with E-state index in [4.69, 9.17) is 4.74 Å². The zero-order valence-corrected chi connectivity index (χ0v) is 17.2. The molecule has 0 radical (unpaired) electrons. The second-order valence-electron chi connectivity index (χ2n) is 7.48. The summed E-state index contributed by atoms with van der Waals surface area (Å²) in [5, 5.41) is 2.77. The average Bonchev–Trinajstić information content (AvgIpc) is 2.71. The van der Waals surface area contributed by atoms with E-state index in [2.05, 4.69) is 5.32 Å². The molecule has 0 bridgehead atoms. The Labute approximate surface area is 175 Å². The standard InChI is InChI=1S/C23H24N2O5/c1-14(2)17-9-6-7-11-19(17)24-22(28)15(3)30-21(27)13-25-20(26)12-16-8-4-5-10-18(16)23(25)29/h4-11,14-15H,12-13H2,1-3H3,(H,24,28)/t15-/m1/s1. The van der Waals surface area contributed by atoms with Gasteiger partial charge in [0.1, 0.15) is 6.54 Å². The lowest BCUT2D eigenvalue weighted by Gasteiger charge is -2.26. The third-order valence-corrected chi connectivity index (χ3v) is 4.94. The Morgan fingerprint density at radius 3 is 2.43 bits per heavy atom. The Morgan fingerprint density at radius 1 is 1.03 bits per heavy atom. The predicted molar refractivity (Wildman–Crippen MR) is 111 cm³/mol. The number of nitrogens with zero attached hydrogens (tertiary/aromatic N) is 1. The molecule has 3 rings (SSSR count). The van der Waals surface area contributed by atoms with Crippen LogP contribution in [0.4, 0.5) is 5.69 Å². The number of anilines is 1. The molecule has 0 fully saturated rings. The number of fused-ring (bicyclic) bond motifs is 1. The van der Waals surface area contributed by atoms with E-state index < -0.39 is 36.3 Å². The minimum Gasteiger partial charge on any atom is -0.451 e. The summed E-state index contributed by atoms with van der Waals surface area (Å²) in [7, 11) is 0. The highest BCUT2D eigenvalue weighted by atomic mass is 16.5. The zero-order valence-electron chi connectivity index (χ0n) is 17.2. The van der Waals surface area contributed by atoms with Crippen LogP contribution >= 0.6 is 0 Å². The zero-order chi connectivity index (χ0) is 21.8. The SMILES string of the molecule is CC(C)c1ccccc1NC(=O)[C@@H](C)OC(=O)CN1C(=O)Cc2ccccc2C1=O. The predicted octanol–water partition coefficient (Wildman–Crippen LogP) is 2.91. The van der Waals surface area contributed by atoms with Crippen LogP contribution in [0.15, 0.2) is 48.5 Å². The molecule has 0 unspecified atom stereocenters. The van der Waals surface area contributed by atoms with Crippen molar-refractivity contribution in [2.45, 2.75) is 39.2 Å². The van der Waals surface area contributed by atoms with E-state index in [1.54, 1.807) is 30.3 Å². The summed E-state index contributed by atoms with van der Waals surface area (Å²) in [6.45, 7) is 4.94. The van der Waals surface area contributed by atoms with Crippen molar-refractivity contribution in [3.05, 3.63) is 65.2 Å². The van der Waals surface area contributed by atoms with Gasteiger partial charge < -0.3 is 10.1 Å². The van der Waals surface area contributed by atoms with Gasteiger partial charge in [-0.15, -0.1) is 0 Å². The lowest BCUT2D eigenvalue weighted by atomic mass is 9.98. The van der Waals surface area contributed by atoms with Crippen molar-refractivity contribution >= 4 is 29.4 Å². The van der Waals surface area contributed by atoms with E-state index in [0.29, 0.717) is 16.8 Å². The molecule has 156 valence electrons. The van der Waals surface area contributed by atoms with Gasteiger partial charge in [-0.3, -0.25) is 24.1 Å². The van der Waals surface area contributed by atoms with E-state index in [1.807, 2.05) is 32.0 Å². The van der Waals surface area contributed by atoms with E-state index in [9.17, 15) is 19.2 Å². The molecule has 1 N–H and O–H groups in total. The Balaban J connectivity index is 1.62. The van der Waals surface area contributed by atoms with E-state index in [1.165, 1.54) is 6.92 Å². The highest BCUT2D eigenvalue weighted by Gasteiger charge is 2.33. The molecule has 30 heavy (non-hydrogen) atoms. The van der Waals surface area contributed by atoms with Gasteiger partial charge >= 0.3 is 5.97 Å². The van der Waals surface area contributed by atoms with Crippen LogP contribution in [0.1, 0.15) is 48.2 Å². The summed E-state index contributed by atoms with van der Waals surface area (Å²) in [5.41, 5.74) is 2.64. The minimum absolute atomic E-state index is 0.0389. The number of benzene rings is 2. The van der Waals surface area contributed by atoms with Gasteiger partial charge in [0.05, 0.1) is 6.42 Å². The van der Waals surface area contributed by atoms with Gasteiger partial charge in [0, 0.05) is 11.3 Å². The largest absolute Gasteiger partial charge is 0.451 e. The van der Waals surface area contributed by atoms with Crippen LogP contribution < -0.4 is 5.32 Å². The first-order valence-corrected chi connectivity index (χ1v) is 9.79. The lowest BCUT2D eigenvalue weighted by Crippen LogP contribution is -2.46. The minimum atomic E-state index is -1.08. The number of imide groups is 1. The van der Waals surface area contributed by atoms with Crippen LogP contribution in [-0.2, 0) is 25.5 Å². The topological polar surface area (TPSA) is 92.8 Å². The molecule has 3 amide bonds. The fourth-order valence-electron chi connectivity index (χ4n) is 3.33. The monoisotopic (exact) mass is 408 g/mol. The van der Waals surface area contributed by atoms with Crippen molar-refractivity contribution in [3.8, 4) is 0 Å². The summed E-state index contributed by atoms with van der Waals surface area (Å²) in [5.74, 6) is -2.12. The second-order valence-corrected chi connectivity index (χ2v) is 7.48. The number of carbonyl (C=O) groups excluding carboxylic acids is 4. The van der Waals surface area contributed by atoms with Gasteiger partial charge in [0.2, 0.25) is 5.91 Å². The molecule has 0 aliphatic carbocycles. The molecule has 2 aromatic rings. The molecule has 1 atom stereocenters. The fourth-order valence-corrected chi connectivity index (χ4v) is 3.33. The van der Waals surface area contributed by atoms with E-state index in [-0.39, 0.29) is 12.3 Å². The molecule has 0 saturated carbocycles. The molecule has 1 heterocycles. The van der Waals surface area contributed by atoms with Crippen LogP contribution in [0.25, 0.3) is 0 Å². The normalized spacial score (nSPS) is 14.3. The van der Waals surface area contributed by atoms with Gasteiger partial charge in [-0.25, -0.2) is 0 Å². The van der Waals surface area contributed by atoms with E-state index >= 15 is 0 Å². The van der Waals surface area contributed by atoms with Crippen LogP contribution in [0.3, 0.4) is 0 Å². The number of para-hydroxylation sites is 1. The maximum atomic E-state index is 12.5. The van der Waals surface area contributed by atoms with Gasteiger partial charge in [-0.05, 0) is 36.1 Å². The first-order valence-electron chi connectivity index (χ1n) is 9.79. The van der Waals surface area contributed by atoms with Crippen LogP contribution in [0, 0.1) is 0 Å². The molecular weight excluding hydrogens is 384 g/mol. The molecular formula is C23H24N2O5. The summed E-state index contributed by atoms with van der Waals surface area (Å²) in [4.78, 5) is 50.5. The first kappa shape index (κ1) is 21.2. The highest BCUT2D eigenvalue weighted by molar-refractivity contribution is 6.11. The van der Waals surface area contributed by atoms with Gasteiger partial charge in [0.15, 0.2) is 6.10 Å². The molecule has 0 saturated heterocycles. The third kappa shape index (κ3) is 4.56. The third-order valence-electron chi connectivity index (χ3n) is 4.94. The number of esters is 1.